The monoisotopic (exact) mass is 315 g/mol. The lowest BCUT2D eigenvalue weighted by Crippen LogP contribution is -2.50. The molecule has 0 unspecified atom stereocenters. The van der Waals surface area contributed by atoms with Gasteiger partial charge in [-0.1, -0.05) is 29.8 Å². The van der Waals surface area contributed by atoms with Crippen molar-refractivity contribution in [1.29, 1.82) is 0 Å². The summed E-state index contributed by atoms with van der Waals surface area (Å²) in [5, 5.41) is 0.705. The summed E-state index contributed by atoms with van der Waals surface area (Å²) in [6, 6.07) is 15.3. The highest BCUT2D eigenvalue weighted by Gasteiger charge is 2.24. The van der Waals surface area contributed by atoms with Crippen LogP contribution in [-0.2, 0) is 11.3 Å². The second-order valence-electron chi connectivity index (χ2n) is 5.42. The number of hydrogen-bond donors (Lipinski definition) is 1. The fraction of sp³-hybridized carbons (Fsp3) is 0.235. The van der Waals surface area contributed by atoms with Crippen LogP contribution >= 0.6 is 11.6 Å². The maximum Gasteiger partial charge on any atom is 0.242 e. The molecule has 0 radical (unpaired) electrons. The van der Waals surface area contributed by atoms with Gasteiger partial charge in [0.1, 0.15) is 0 Å². The molecule has 0 saturated carbocycles. The number of piperazine rings is 1. The van der Waals surface area contributed by atoms with Crippen LogP contribution in [0.15, 0.2) is 48.5 Å². The van der Waals surface area contributed by atoms with Crippen molar-refractivity contribution in [2.24, 2.45) is 0 Å². The summed E-state index contributed by atoms with van der Waals surface area (Å²) in [7, 11) is 0. The molecule has 1 aliphatic heterocycles. The van der Waals surface area contributed by atoms with Crippen molar-refractivity contribution in [3.05, 3.63) is 59.1 Å². The Hall–Kier alpha value is -2.20. The molecule has 2 N–H and O–H groups in total. The average Bonchev–Trinajstić information content (AvgIpc) is 2.52. The number of rotatable bonds is 3. The van der Waals surface area contributed by atoms with E-state index in [0.717, 1.165) is 23.5 Å². The van der Waals surface area contributed by atoms with E-state index in [2.05, 4.69) is 4.90 Å². The quantitative estimate of drug-likeness (QED) is 0.886. The Balaban J connectivity index is 1.66. The zero-order valence-electron chi connectivity index (χ0n) is 12.2. The van der Waals surface area contributed by atoms with Gasteiger partial charge in [-0.05, 0) is 35.9 Å². The van der Waals surface area contributed by atoms with Gasteiger partial charge in [-0.2, -0.15) is 0 Å². The molecule has 1 heterocycles. The van der Waals surface area contributed by atoms with E-state index >= 15 is 0 Å². The van der Waals surface area contributed by atoms with Crippen molar-refractivity contribution in [2.45, 2.75) is 6.54 Å². The first-order valence-corrected chi connectivity index (χ1v) is 7.63. The molecule has 3 rings (SSSR count). The molecule has 1 fully saturated rings. The van der Waals surface area contributed by atoms with Gasteiger partial charge in [-0.25, -0.2) is 0 Å². The van der Waals surface area contributed by atoms with E-state index < -0.39 is 0 Å². The third kappa shape index (κ3) is 3.17. The van der Waals surface area contributed by atoms with E-state index in [-0.39, 0.29) is 5.91 Å². The largest absolute Gasteiger partial charge is 0.399 e. The number of hydrogen-bond acceptors (Lipinski definition) is 3. The predicted octanol–water partition coefficient (Wildman–Crippen LogP) is 2.77. The van der Waals surface area contributed by atoms with Crippen molar-refractivity contribution < 1.29 is 4.79 Å². The van der Waals surface area contributed by atoms with Crippen LogP contribution < -0.4 is 10.6 Å². The molecule has 0 aromatic heterocycles. The van der Waals surface area contributed by atoms with E-state index in [1.54, 1.807) is 0 Å². The normalized spacial score (nSPS) is 15.2. The fourth-order valence-corrected chi connectivity index (χ4v) is 2.81. The molecule has 22 heavy (non-hydrogen) atoms. The van der Waals surface area contributed by atoms with Gasteiger partial charge in [0.25, 0.3) is 0 Å². The highest BCUT2D eigenvalue weighted by atomic mass is 35.5. The molecule has 1 aliphatic rings. The number of amides is 1. The van der Waals surface area contributed by atoms with Gasteiger partial charge in [0.2, 0.25) is 5.91 Å². The van der Waals surface area contributed by atoms with Gasteiger partial charge >= 0.3 is 0 Å². The average molecular weight is 316 g/mol. The lowest BCUT2D eigenvalue weighted by molar-refractivity contribution is -0.131. The number of nitrogen functional groups attached to an aromatic ring is 1. The maximum atomic E-state index is 12.4. The smallest absolute Gasteiger partial charge is 0.242 e. The van der Waals surface area contributed by atoms with E-state index in [1.807, 2.05) is 53.4 Å². The standard InChI is InChI=1S/C17H18ClN3O/c18-16-4-2-1-3-13(16)11-21-10-9-20(12-17(21)22)15-7-5-14(19)6-8-15/h1-8H,9-12,19H2. The first kappa shape index (κ1) is 14.7. The Morgan fingerprint density at radius 1 is 1.05 bits per heavy atom. The van der Waals surface area contributed by atoms with Crippen LogP contribution in [0.5, 0.6) is 0 Å². The van der Waals surface area contributed by atoms with Crippen molar-refractivity contribution in [3.8, 4) is 0 Å². The summed E-state index contributed by atoms with van der Waals surface area (Å²) in [5.41, 5.74) is 8.44. The van der Waals surface area contributed by atoms with Crippen molar-refractivity contribution in [1.82, 2.24) is 4.90 Å². The molecule has 114 valence electrons. The number of carbonyl (C=O) groups excluding carboxylic acids is 1. The lowest BCUT2D eigenvalue weighted by atomic mass is 10.1. The third-order valence-corrected chi connectivity index (χ3v) is 4.26. The summed E-state index contributed by atoms with van der Waals surface area (Å²) in [6.45, 7) is 2.44. The third-order valence-electron chi connectivity index (χ3n) is 3.90. The highest BCUT2D eigenvalue weighted by Crippen LogP contribution is 2.21. The van der Waals surface area contributed by atoms with Gasteiger partial charge in [0, 0.05) is 36.0 Å². The zero-order valence-corrected chi connectivity index (χ0v) is 13.0. The number of benzene rings is 2. The van der Waals surface area contributed by atoms with Gasteiger partial charge in [0.05, 0.1) is 6.54 Å². The minimum atomic E-state index is 0.114. The Kier molecular flexibility index (Phi) is 4.20. The first-order valence-electron chi connectivity index (χ1n) is 7.25. The molecule has 0 aliphatic carbocycles. The van der Waals surface area contributed by atoms with E-state index in [4.69, 9.17) is 17.3 Å². The van der Waals surface area contributed by atoms with Gasteiger partial charge < -0.3 is 15.5 Å². The molecule has 0 spiro atoms. The SMILES string of the molecule is Nc1ccc(N2CCN(Cc3ccccc3Cl)C(=O)C2)cc1. The van der Waals surface area contributed by atoms with Crippen molar-refractivity contribution >= 4 is 28.9 Å². The predicted molar refractivity (Wildman–Crippen MR) is 89.9 cm³/mol. The van der Waals surface area contributed by atoms with Crippen molar-refractivity contribution in [3.63, 3.8) is 0 Å². The molecule has 1 amide bonds. The number of nitrogens with two attached hydrogens (primary N) is 1. The minimum Gasteiger partial charge on any atom is -0.399 e. The minimum absolute atomic E-state index is 0.114. The Labute approximate surface area is 135 Å². The molecule has 0 atom stereocenters. The van der Waals surface area contributed by atoms with E-state index in [9.17, 15) is 4.79 Å². The second kappa shape index (κ2) is 6.28. The Morgan fingerprint density at radius 3 is 2.45 bits per heavy atom. The van der Waals surface area contributed by atoms with Crippen LogP contribution in [0.4, 0.5) is 11.4 Å². The number of anilines is 2. The second-order valence-corrected chi connectivity index (χ2v) is 5.83. The van der Waals surface area contributed by atoms with Crippen LogP contribution in [0.2, 0.25) is 5.02 Å². The van der Waals surface area contributed by atoms with Gasteiger partial charge in [-0.3, -0.25) is 4.79 Å². The van der Waals surface area contributed by atoms with Crippen molar-refractivity contribution in [2.75, 3.05) is 30.3 Å². The Morgan fingerprint density at radius 2 is 1.77 bits per heavy atom. The number of nitrogens with zero attached hydrogens (tertiary/aromatic N) is 2. The van der Waals surface area contributed by atoms with E-state index in [1.165, 1.54) is 0 Å². The molecule has 4 nitrogen and oxygen atoms in total. The van der Waals surface area contributed by atoms with Crippen LogP contribution in [0.1, 0.15) is 5.56 Å². The van der Waals surface area contributed by atoms with E-state index in [0.29, 0.717) is 24.7 Å². The number of halogens is 1. The van der Waals surface area contributed by atoms with Gasteiger partial charge in [-0.15, -0.1) is 0 Å². The lowest BCUT2D eigenvalue weighted by Gasteiger charge is -2.35. The molecule has 5 heteroatoms. The molecule has 2 aromatic rings. The summed E-state index contributed by atoms with van der Waals surface area (Å²) >= 11 is 6.17. The molecule has 1 saturated heterocycles. The first-order chi connectivity index (χ1) is 10.6. The Bertz CT molecular complexity index is 672. The topological polar surface area (TPSA) is 49.6 Å². The summed E-state index contributed by atoms with van der Waals surface area (Å²) in [5.74, 6) is 0.114. The zero-order chi connectivity index (χ0) is 15.5. The van der Waals surface area contributed by atoms with Crippen LogP contribution in [0.25, 0.3) is 0 Å². The van der Waals surface area contributed by atoms with Crippen LogP contribution in [0, 0.1) is 0 Å². The highest BCUT2D eigenvalue weighted by molar-refractivity contribution is 6.31. The number of carbonyl (C=O) groups is 1. The summed E-state index contributed by atoms with van der Waals surface area (Å²) in [6.07, 6.45) is 0. The molecule has 0 bridgehead atoms. The summed E-state index contributed by atoms with van der Waals surface area (Å²) < 4.78 is 0. The molecular weight excluding hydrogens is 298 g/mol. The maximum absolute atomic E-state index is 12.4. The molecular formula is C17H18ClN3O. The van der Waals surface area contributed by atoms with Crippen LogP contribution in [0.3, 0.4) is 0 Å². The van der Waals surface area contributed by atoms with Crippen LogP contribution in [-0.4, -0.2) is 30.4 Å². The fourth-order valence-electron chi connectivity index (χ4n) is 2.61. The summed E-state index contributed by atoms with van der Waals surface area (Å²) in [4.78, 5) is 16.3. The van der Waals surface area contributed by atoms with Gasteiger partial charge in [0.15, 0.2) is 0 Å². The molecule has 2 aromatic carbocycles.